The van der Waals surface area contributed by atoms with E-state index >= 15 is 0 Å². The maximum absolute atomic E-state index is 14.1. The molecule has 0 saturated carbocycles. The van der Waals surface area contributed by atoms with Crippen LogP contribution in [-0.4, -0.2) is 17.5 Å². The molecule has 0 spiro atoms. The van der Waals surface area contributed by atoms with Crippen molar-refractivity contribution in [3.05, 3.63) is 34.2 Å². The van der Waals surface area contributed by atoms with Gasteiger partial charge in [-0.2, -0.15) is 4.39 Å². The van der Waals surface area contributed by atoms with Crippen LogP contribution in [0.15, 0.2) is 44.3 Å². The van der Waals surface area contributed by atoms with Crippen LogP contribution in [0.5, 0.6) is 0 Å². The van der Waals surface area contributed by atoms with E-state index in [-0.39, 0.29) is 23.2 Å². The zero-order valence-corrected chi connectivity index (χ0v) is 11.4. The minimum absolute atomic E-state index is 0.0590. The van der Waals surface area contributed by atoms with Crippen LogP contribution in [0.25, 0.3) is 0 Å². The number of rotatable bonds is 0. The molecule has 0 bridgehead atoms. The molecule has 4 nitrogen and oxygen atoms in total. The van der Waals surface area contributed by atoms with Crippen molar-refractivity contribution in [2.75, 3.05) is 0 Å². The second kappa shape index (κ2) is 3.53. The molecule has 0 unspecified atom stereocenters. The number of allylic oxidation sites excluding steroid dienone is 6. The molecular weight excluding hydrogens is 257 g/mol. The van der Waals surface area contributed by atoms with Crippen molar-refractivity contribution >= 4 is 17.5 Å². The molecule has 4 rings (SSSR count). The Balaban J connectivity index is 1.98. The number of ketones is 1. The first-order chi connectivity index (χ1) is 9.44. The highest BCUT2D eigenvalue weighted by atomic mass is 19.1. The molecule has 0 radical (unpaired) electrons. The fourth-order valence-corrected chi connectivity index (χ4v) is 3.40. The average Bonchev–Trinajstić information content (AvgIpc) is 2.63. The number of carbonyl (C=O) groups excluding carboxylic acids is 1. The van der Waals surface area contributed by atoms with Gasteiger partial charge in [0.05, 0.1) is 17.8 Å². The summed E-state index contributed by atoms with van der Waals surface area (Å²) >= 11 is 0. The standard InChI is InChI=1S/C15H14FN3O/c1-15(2)5-10-13-11(6-15)18-19-14(16)8-3-7(20)4-9(17-10)12(8)13/h3,18H,4-6H2,1-2H3. The van der Waals surface area contributed by atoms with Gasteiger partial charge in [0.2, 0.25) is 5.97 Å². The molecule has 0 atom stereocenters. The minimum atomic E-state index is -0.630. The Kier molecular flexibility index (Phi) is 2.08. The molecule has 4 aliphatic rings. The van der Waals surface area contributed by atoms with E-state index < -0.39 is 5.97 Å². The minimum Gasteiger partial charge on any atom is -0.294 e. The number of hydrazone groups is 1. The molecule has 0 aromatic rings. The molecule has 20 heavy (non-hydrogen) atoms. The lowest BCUT2D eigenvalue weighted by atomic mass is 9.73. The molecule has 2 aliphatic carbocycles. The summed E-state index contributed by atoms with van der Waals surface area (Å²) < 4.78 is 14.1. The Morgan fingerprint density at radius 2 is 2.10 bits per heavy atom. The number of halogens is 1. The molecule has 102 valence electrons. The van der Waals surface area contributed by atoms with Crippen LogP contribution in [0, 0.1) is 5.41 Å². The van der Waals surface area contributed by atoms with Crippen molar-refractivity contribution in [2.24, 2.45) is 15.5 Å². The zero-order valence-electron chi connectivity index (χ0n) is 11.4. The van der Waals surface area contributed by atoms with E-state index in [1.807, 2.05) is 0 Å². The van der Waals surface area contributed by atoms with E-state index in [1.165, 1.54) is 6.08 Å². The first kappa shape index (κ1) is 11.8. The van der Waals surface area contributed by atoms with Crippen molar-refractivity contribution in [2.45, 2.75) is 33.1 Å². The van der Waals surface area contributed by atoms with E-state index in [1.54, 1.807) is 0 Å². The van der Waals surface area contributed by atoms with E-state index in [0.29, 0.717) is 5.70 Å². The van der Waals surface area contributed by atoms with Crippen LogP contribution in [0.2, 0.25) is 0 Å². The molecule has 2 aliphatic heterocycles. The lowest BCUT2D eigenvalue weighted by molar-refractivity contribution is -0.114. The number of nitrogens with one attached hydrogen (secondary N) is 1. The number of hydrogen-bond donors (Lipinski definition) is 1. The van der Waals surface area contributed by atoms with Gasteiger partial charge in [0, 0.05) is 22.4 Å². The smallest absolute Gasteiger partial charge is 0.238 e. The van der Waals surface area contributed by atoms with Gasteiger partial charge in [0.1, 0.15) is 0 Å². The molecule has 0 aromatic carbocycles. The Morgan fingerprint density at radius 1 is 1.30 bits per heavy atom. The first-order valence-corrected chi connectivity index (χ1v) is 6.74. The maximum atomic E-state index is 14.1. The fourth-order valence-electron chi connectivity index (χ4n) is 3.40. The number of carbonyl (C=O) groups is 1. The Hall–Kier alpha value is -2.04. The molecule has 2 heterocycles. The van der Waals surface area contributed by atoms with Crippen LogP contribution < -0.4 is 5.43 Å². The summed E-state index contributed by atoms with van der Waals surface area (Å²) in [6, 6.07) is 0. The van der Waals surface area contributed by atoms with Crippen LogP contribution >= 0.6 is 0 Å². The molecule has 1 N–H and O–H groups in total. The van der Waals surface area contributed by atoms with Crippen molar-refractivity contribution in [3.8, 4) is 0 Å². The van der Waals surface area contributed by atoms with Gasteiger partial charge in [-0.05, 0) is 24.3 Å². The molecule has 0 saturated heterocycles. The number of aliphatic imine (C=N–C) groups is 1. The number of hydrogen-bond acceptors (Lipinski definition) is 4. The van der Waals surface area contributed by atoms with Gasteiger partial charge < -0.3 is 0 Å². The summed E-state index contributed by atoms with van der Waals surface area (Å²) in [5.74, 6) is -0.746. The average molecular weight is 271 g/mol. The van der Waals surface area contributed by atoms with E-state index in [9.17, 15) is 9.18 Å². The monoisotopic (exact) mass is 271 g/mol. The summed E-state index contributed by atoms with van der Waals surface area (Å²) in [4.78, 5) is 16.4. The summed E-state index contributed by atoms with van der Waals surface area (Å²) in [5, 5.41) is 3.78. The third-order valence-electron chi connectivity index (χ3n) is 4.13. The van der Waals surface area contributed by atoms with E-state index in [4.69, 9.17) is 0 Å². The van der Waals surface area contributed by atoms with Gasteiger partial charge in [-0.3, -0.25) is 15.2 Å². The van der Waals surface area contributed by atoms with Crippen molar-refractivity contribution in [3.63, 3.8) is 0 Å². The third kappa shape index (κ3) is 1.49. The zero-order chi connectivity index (χ0) is 14.1. The normalized spacial score (nSPS) is 26.6. The molecular formula is C15H14FN3O. The third-order valence-corrected chi connectivity index (χ3v) is 4.13. The van der Waals surface area contributed by atoms with Crippen molar-refractivity contribution < 1.29 is 9.18 Å². The molecule has 0 fully saturated rings. The highest BCUT2D eigenvalue weighted by molar-refractivity contribution is 6.18. The topological polar surface area (TPSA) is 53.8 Å². The van der Waals surface area contributed by atoms with Gasteiger partial charge in [-0.25, -0.2) is 0 Å². The highest BCUT2D eigenvalue weighted by Crippen LogP contribution is 2.47. The molecule has 5 heteroatoms. The van der Waals surface area contributed by atoms with Gasteiger partial charge in [0.15, 0.2) is 5.78 Å². The Bertz CT molecular complexity index is 719. The van der Waals surface area contributed by atoms with Crippen LogP contribution in [0.1, 0.15) is 33.1 Å². The Labute approximate surface area is 115 Å². The number of nitrogens with zero attached hydrogens (tertiary/aromatic N) is 2. The highest BCUT2D eigenvalue weighted by Gasteiger charge is 2.41. The summed E-state index contributed by atoms with van der Waals surface area (Å²) in [7, 11) is 0. The SMILES string of the molecule is CC1(C)CC2=NC3=C4C(=CC(=O)C3)C(F)=NNC(=C24)C1. The van der Waals surface area contributed by atoms with Gasteiger partial charge in [-0.1, -0.05) is 13.8 Å². The second-order valence-corrected chi connectivity index (χ2v) is 6.47. The van der Waals surface area contributed by atoms with E-state index in [0.717, 1.165) is 35.4 Å². The van der Waals surface area contributed by atoms with Gasteiger partial charge >= 0.3 is 0 Å². The van der Waals surface area contributed by atoms with E-state index in [2.05, 4.69) is 29.4 Å². The molecule has 0 aromatic heterocycles. The second-order valence-electron chi connectivity index (χ2n) is 6.47. The summed E-state index contributed by atoms with van der Waals surface area (Å²) in [6.45, 7) is 4.32. The van der Waals surface area contributed by atoms with Crippen molar-refractivity contribution in [1.29, 1.82) is 0 Å². The largest absolute Gasteiger partial charge is 0.294 e. The summed E-state index contributed by atoms with van der Waals surface area (Å²) in [5.41, 5.74) is 7.50. The first-order valence-electron chi connectivity index (χ1n) is 6.74. The predicted molar refractivity (Wildman–Crippen MR) is 73.9 cm³/mol. The lowest BCUT2D eigenvalue weighted by Gasteiger charge is -2.32. The fraction of sp³-hybridized carbons (Fsp3) is 0.400. The van der Waals surface area contributed by atoms with Gasteiger partial charge in [-0.15, -0.1) is 5.10 Å². The predicted octanol–water partition coefficient (Wildman–Crippen LogP) is 2.55. The Morgan fingerprint density at radius 3 is 2.90 bits per heavy atom. The maximum Gasteiger partial charge on any atom is 0.238 e. The summed E-state index contributed by atoms with van der Waals surface area (Å²) in [6.07, 6.45) is 3.25. The quantitative estimate of drug-likeness (QED) is 0.736. The van der Waals surface area contributed by atoms with Crippen LogP contribution in [0.3, 0.4) is 0 Å². The van der Waals surface area contributed by atoms with Crippen LogP contribution in [-0.2, 0) is 4.79 Å². The lowest BCUT2D eigenvalue weighted by Crippen LogP contribution is -2.28. The van der Waals surface area contributed by atoms with Crippen molar-refractivity contribution in [1.82, 2.24) is 5.43 Å². The van der Waals surface area contributed by atoms with Crippen LogP contribution in [0.4, 0.5) is 4.39 Å². The van der Waals surface area contributed by atoms with Gasteiger partial charge in [0.25, 0.3) is 0 Å². The molecule has 0 amide bonds.